The van der Waals surface area contributed by atoms with Gasteiger partial charge in [-0.1, -0.05) is 6.92 Å². The lowest BCUT2D eigenvalue weighted by molar-refractivity contribution is 0.0240. The van der Waals surface area contributed by atoms with Crippen LogP contribution in [0.4, 0.5) is 0 Å². The molecule has 0 radical (unpaired) electrons. The predicted molar refractivity (Wildman–Crippen MR) is 58.6 cm³/mol. The molecule has 15 heavy (non-hydrogen) atoms. The molecule has 3 nitrogen and oxygen atoms in total. The molecule has 1 aliphatic rings. The van der Waals surface area contributed by atoms with Gasteiger partial charge in [-0.05, 0) is 24.3 Å². The van der Waals surface area contributed by atoms with Crippen molar-refractivity contribution < 1.29 is 9.15 Å². The molecule has 0 saturated carbocycles. The smallest absolute Gasteiger partial charge is 0.0947 e. The Kier molecular flexibility index (Phi) is 3.44. The molecule has 1 aromatic heterocycles. The lowest BCUT2D eigenvalue weighted by atomic mass is 9.82. The van der Waals surface area contributed by atoms with E-state index in [0.717, 1.165) is 39.1 Å². The van der Waals surface area contributed by atoms with E-state index in [1.807, 2.05) is 6.07 Å². The Morgan fingerprint density at radius 3 is 2.87 bits per heavy atom. The van der Waals surface area contributed by atoms with Crippen molar-refractivity contribution in [3.05, 3.63) is 24.2 Å². The highest BCUT2D eigenvalue weighted by Crippen LogP contribution is 2.28. The maximum absolute atomic E-state index is 5.37. The molecular weight excluding hydrogens is 190 g/mol. The molecule has 1 N–H and O–H groups in total. The third-order valence-electron chi connectivity index (χ3n) is 3.16. The largest absolute Gasteiger partial charge is 0.472 e. The second kappa shape index (κ2) is 4.81. The Morgan fingerprint density at radius 2 is 2.20 bits per heavy atom. The van der Waals surface area contributed by atoms with Crippen LogP contribution in [0.5, 0.6) is 0 Å². The number of furan rings is 1. The minimum absolute atomic E-state index is 0.405. The summed E-state index contributed by atoms with van der Waals surface area (Å²) < 4.78 is 10.4. The molecule has 2 rings (SSSR count). The summed E-state index contributed by atoms with van der Waals surface area (Å²) in [6, 6.07) is 2.00. The molecular formula is C12H19NO2. The summed E-state index contributed by atoms with van der Waals surface area (Å²) in [5, 5.41) is 3.48. The monoisotopic (exact) mass is 209 g/mol. The summed E-state index contributed by atoms with van der Waals surface area (Å²) in [4.78, 5) is 0. The zero-order valence-electron chi connectivity index (χ0n) is 9.29. The van der Waals surface area contributed by atoms with Crippen LogP contribution in [-0.2, 0) is 11.3 Å². The third kappa shape index (κ3) is 3.08. The van der Waals surface area contributed by atoms with E-state index in [1.165, 1.54) is 5.56 Å². The van der Waals surface area contributed by atoms with E-state index in [9.17, 15) is 0 Å². The van der Waals surface area contributed by atoms with Gasteiger partial charge in [-0.25, -0.2) is 0 Å². The van der Waals surface area contributed by atoms with Gasteiger partial charge in [0.25, 0.3) is 0 Å². The van der Waals surface area contributed by atoms with Crippen LogP contribution in [0.15, 0.2) is 23.0 Å². The fourth-order valence-electron chi connectivity index (χ4n) is 1.94. The van der Waals surface area contributed by atoms with Crippen LogP contribution in [0.1, 0.15) is 25.3 Å². The van der Waals surface area contributed by atoms with Crippen molar-refractivity contribution in [2.45, 2.75) is 26.3 Å². The van der Waals surface area contributed by atoms with Crippen molar-refractivity contribution in [3.63, 3.8) is 0 Å². The highest BCUT2D eigenvalue weighted by molar-refractivity contribution is 5.04. The van der Waals surface area contributed by atoms with Crippen LogP contribution in [0.25, 0.3) is 0 Å². The molecule has 84 valence electrons. The summed E-state index contributed by atoms with van der Waals surface area (Å²) >= 11 is 0. The lowest BCUT2D eigenvalue weighted by Crippen LogP contribution is -2.36. The lowest BCUT2D eigenvalue weighted by Gasteiger charge is -2.33. The molecule has 0 bridgehead atoms. The first-order valence-electron chi connectivity index (χ1n) is 5.58. The minimum atomic E-state index is 0.405. The van der Waals surface area contributed by atoms with E-state index in [0.29, 0.717) is 5.41 Å². The van der Waals surface area contributed by atoms with E-state index in [2.05, 4.69) is 12.2 Å². The maximum Gasteiger partial charge on any atom is 0.0947 e. The van der Waals surface area contributed by atoms with Crippen molar-refractivity contribution in [1.82, 2.24) is 5.32 Å². The van der Waals surface area contributed by atoms with Gasteiger partial charge in [0.1, 0.15) is 0 Å². The van der Waals surface area contributed by atoms with Crippen molar-refractivity contribution in [2.75, 3.05) is 19.8 Å². The summed E-state index contributed by atoms with van der Waals surface area (Å²) in [5.41, 5.74) is 1.62. The summed E-state index contributed by atoms with van der Waals surface area (Å²) in [5.74, 6) is 0. The Bertz CT molecular complexity index is 276. The van der Waals surface area contributed by atoms with Gasteiger partial charge in [0, 0.05) is 31.9 Å². The molecule has 1 aromatic rings. The Balaban J connectivity index is 1.72. The first kappa shape index (κ1) is 10.7. The molecule has 3 heteroatoms. The quantitative estimate of drug-likeness (QED) is 0.825. The van der Waals surface area contributed by atoms with Gasteiger partial charge in [0.2, 0.25) is 0 Å². The molecule has 0 amide bonds. The van der Waals surface area contributed by atoms with Crippen LogP contribution < -0.4 is 5.32 Å². The van der Waals surface area contributed by atoms with Crippen LogP contribution >= 0.6 is 0 Å². The molecule has 1 saturated heterocycles. The zero-order chi connectivity index (χ0) is 10.6. The standard InChI is InChI=1S/C12H19NO2/c1-12(3-6-14-7-4-12)10-13-8-11-2-5-15-9-11/h2,5,9,13H,3-4,6-8,10H2,1H3. The van der Waals surface area contributed by atoms with Crippen molar-refractivity contribution >= 4 is 0 Å². The average molecular weight is 209 g/mol. The summed E-state index contributed by atoms with van der Waals surface area (Å²) in [6.45, 7) is 6.10. The third-order valence-corrected chi connectivity index (χ3v) is 3.16. The van der Waals surface area contributed by atoms with Gasteiger partial charge in [0.05, 0.1) is 12.5 Å². The van der Waals surface area contributed by atoms with Crippen molar-refractivity contribution in [1.29, 1.82) is 0 Å². The van der Waals surface area contributed by atoms with Crippen LogP contribution in [0, 0.1) is 5.41 Å². The molecule has 1 fully saturated rings. The summed E-state index contributed by atoms with van der Waals surface area (Å²) in [6.07, 6.45) is 5.82. The second-order valence-corrected chi connectivity index (χ2v) is 4.66. The maximum atomic E-state index is 5.37. The number of hydrogen-bond acceptors (Lipinski definition) is 3. The SMILES string of the molecule is CC1(CNCc2ccoc2)CCOCC1. The second-order valence-electron chi connectivity index (χ2n) is 4.66. The van der Waals surface area contributed by atoms with Gasteiger partial charge >= 0.3 is 0 Å². The fraction of sp³-hybridized carbons (Fsp3) is 0.667. The van der Waals surface area contributed by atoms with Gasteiger partial charge in [-0.2, -0.15) is 0 Å². The fourth-order valence-corrected chi connectivity index (χ4v) is 1.94. The first-order valence-corrected chi connectivity index (χ1v) is 5.58. The van der Waals surface area contributed by atoms with E-state index < -0.39 is 0 Å². The van der Waals surface area contributed by atoms with E-state index in [1.54, 1.807) is 12.5 Å². The van der Waals surface area contributed by atoms with Gasteiger partial charge in [-0.3, -0.25) is 0 Å². The topological polar surface area (TPSA) is 34.4 Å². The molecule has 2 heterocycles. The molecule has 0 aromatic carbocycles. The molecule has 1 aliphatic heterocycles. The Labute approximate surface area is 90.8 Å². The minimum Gasteiger partial charge on any atom is -0.472 e. The van der Waals surface area contributed by atoms with Crippen molar-refractivity contribution in [2.24, 2.45) is 5.41 Å². The van der Waals surface area contributed by atoms with Gasteiger partial charge in [-0.15, -0.1) is 0 Å². The van der Waals surface area contributed by atoms with E-state index in [4.69, 9.17) is 9.15 Å². The van der Waals surface area contributed by atoms with Crippen LogP contribution in [0.2, 0.25) is 0 Å². The van der Waals surface area contributed by atoms with Crippen LogP contribution in [0.3, 0.4) is 0 Å². The Hall–Kier alpha value is -0.800. The van der Waals surface area contributed by atoms with Gasteiger partial charge < -0.3 is 14.5 Å². The molecule has 0 atom stereocenters. The van der Waals surface area contributed by atoms with E-state index in [-0.39, 0.29) is 0 Å². The average Bonchev–Trinajstić information content (AvgIpc) is 2.71. The molecule has 0 aliphatic carbocycles. The van der Waals surface area contributed by atoms with Crippen molar-refractivity contribution in [3.8, 4) is 0 Å². The van der Waals surface area contributed by atoms with E-state index >= 15 is 0 Å². The molecule has 0 spiro atoms. The first-order chi connectivity index (χ1) is 7.29. The number of ether oxygens (including phenoxy) is 1. The zero-order valence-corrected chi connectivity index (χ0v) is 9.29. The Morgan fingerprint density at radius 1 is 1.40 bits per heavy atom. The number of hydrogen-bond donors (Lipinski definition) is 1. The predicted octanol–water partition coefficient (Wildman–Crippen LogP) is 2.19. The highest BCUT2D eigenvalue weighted by Gasteiger charge is 2.26. The van der Waals surface area contributed by atoms with Crippen LogP contribution in [-0.4, -0.2) is 19.8 Å². The highest BCUT2D eigenvalue weighted by atomic mass is 16.5. The van der Waals surface area contributed by atoms with Gasteiger partial charge in [0.15, 0.2) is 0 Å². The number of rotatable bonds is 4. The molecule has 0 unspecified atom stereocenters. The number of nitrogens with one attached hydrogen (secondary N) is 1. The summed E-state index contributed by atoms with van der Waals surface area (Å²) in [7, 11) is 0. The normalized spacial score (nSPS) is 20.3.